The van der Waals surface area contributed by atoms with Gasteiger partial charge in [-0.1, -0.05) is 34.8 Å². The minimum absolute atomic E-state index is 0.650. The summed E-state index contributed by atoms with van der Waals surface area (Å²) in [5.41, 5.74) is 0. The molecule has 0 N–H and O–H groups in total. The summed E-state index contributed by atoms with van der Waals surface area (Å²) in [6.45, 7) is 0. The van der Waals surface area contributed by atoms with Gasteiger partial charge in [-0.15, -0.1) is 0 Å². The average molecular weight is 186 g/mol. The molecule has 38 valence electrons. The molecule has 0 saturated carbocycles. The minimum atomic E-state index is -1.36. The van der Waals surface area contributed by atoms with Gasteiger partial charge in [0.05, 0.1) is 0 Å². The quantitative estimate of drug-likeness (QED) is 0.523. The van der Waals surface area contributed by atoms with Gasteiger partial charge in [0.1, 0.15) is 0 Å². The summed E-state index contributed by atoms with van der Waals surface area (Å²) in [4.78, 5) is 0. The molecule has 0 spiro atoms. The van der Waals surface area contributed by atoms with Gasteiger partial charge in [0.15, 0.2) is 0 Å². The van der Waals surface area contributed by atoms with E-state index in [-0.39, 0.29) is 0 Å². The Morgan fingerprint density at radius 2 is 1.33 bits per heavy atom. The molecule has 6 heavy (non-hydrogen) atoms. The van der Waals surface area contributed by atoms with Crippen molar-refractivity contribution in [2.75, 3.05) is 0 Å². The summed E-state index contributed by atoms with van der Waals surface area (Å²) in [5.74, 6) is 0. The van der Waals surface area contributed by atoms with Gasteiger partial charge < -0.3 is 0 Å². The Bertz CT molecular complexity index is 37.3. The molecule has 0 fully saturated rings. The second kappa shape index (κ2) is 2.73. The van der Waals surface area contributed by atoms with Crippen LogP contribution in [0.5, 0.6) is 0 Å². The molecule has 0 amide bonds. The zero-order chi connectivity index (χ0) is 5.21. The van der Waals surface area contributed by atoms with E-state index in [1.807, 2.05) is 0 Å². The van der Waals surface area contributed by atoms with Crippen LogP contribution in [0.1, 0.15) is 0 Å². The predicted molar refractivity (Wildman–Crippen MR) is 33.7 cm³/mol. The maximum atomic E-state index is 5.08. The standard InChI is InChI=1S/CCl4S/c2-1(3,4)6-5. The van der Waals surface area contributed by atoms with Crippen LogP contribution in [0.15, 0.2) is 0 Å². The zero-order valence-electron chi connectivity index (χ0n) is 2.42. The second-order valence-electron chi connectivity index (χ2n) is 0.523. The maximum absolute atomic E-state index is 5.08. The monoisotopic (exact) mass is 184 g/mol. The first-order chi connectivity index (χ1) is 2.56. The van der Waals surface area contributed by atoms with E-state index >= 15 is 0 Å². The smallest absolute Gasteiger partial charge is 0.0706 e. The van der Waals surface area contributed by atoms with Crippen LogP contribution in [0, 0.1) is 0 Å². The Balaban J connectivity index is 3.17. The Labute approximate surface area is 59.6 Å². The van der Waals surface area contributed by atoms with Crippen LogP contribution in [-0.4, -0.2) is 3.12 Å². The third-order valence-corrected chi connectivity index (χ3v) is 2.36. The molecule has 0 saturated heterocycles. The highest BCUT2D eigenvalue weighted by Gasteiger charge is 2.17. The van der Waals surface area contributed by atoms with Crippen molar-refractivity contribution in [2.24, 2.45) is 0 Å². The van der Waals surface area contributed by atoms with Gasteiger partial charge in [0.25, 0.3) is 3.12 Å². The highest BCUT2D eigenvalue weighted by atomic mass is 35.7. The van der Waals surface area contributed by atoms with Crippen molar-refractivity contribution in [2.45, 2.75) is 3.12 Å². The van der Waals surface area contributed by atoms with E-state index in [1.165, 1.54) is 0 Å². The fraction of sp³-hybridized carbons (Fsp3) is 1.00. The van der Waals surface area contributed by atoms with Gasteiger partial charge in [-0.25, -0.2) is 0 Å². The van der Waals surface area contributed by atoms with Crippen molar-refractivity contribution in [3.63, 3.8) is 0 Å². The van der Waals surface area contributed by atoms with E-state index in [9.17, 15) is 0 Å². The molecule has 0 aliphatic rings. The molecule has 0 radical (unpaired) electrons. The molecule has 5 heteroatoms. The molecule has 0 aromatic carbocycles. The van der Waals surface area contributed by atoms with E-state index in [0.29, 0.717) is 11.0 Å². The van der Waals surface area contributed by atoms with Crippen LogP contribution in [0.25, 0.3) is 0 Å². The van der Waals surface area contributed by atoms with Crippen molar-refractivity contribution in [1.29, 1.82) is 0 Å². The SMILES string of the molecule is ClSC(Cl)(Cl)Cl. The van der Waals surface area contributed by atoms with E-state index in [1.54, 1.807) is 0 Å². The lowest BCUT2D eigenvalue weighted by Gasteiger charge is -1.99. The van der Waals surface area contributed by atoms with Crippen LogP contribution in [0.3, 0.4) is 0 Å². The summed E-state index contributed by atoms with van der Waals surface area (Å²) in [6.07, 6.45) is 0. The average Bonchev–Trinajstić information content (AvgIpc) is 1.35. The highest BCUT2D eigenvalue weighted by molar-refractivity contribution is 8.24. The van der Waals surface area contributed by atoms with Gasteiger partial charge >= 0.3 is 0 Å². The summed E-state index contributed by atoms with van der Waals surface area (Å²) < 4.78 is -1.36. The van der Waals surface area contributed by atoms with Crippen LogP contribution < -0.4 is 0 Å². The van der Waals surface area contributed by atoms with Gasteiger partial charge in [0, 0.05) is 11.0 Å². The third-order valence-electron chi connectivity index (χ3n) is 0.0875. The minimum Gasteiger partial charge on any atom is -0.0706 e. The number of hydrogen-bond acceptors (Lipinski definition) is 1. The molecule has 0 unspecified atom stereocenters. The number of alkyl halides is 3. The molecule has 0 aromatic heterocycles. The lowest BCUT2D eigenvalue weighted by Crippen LogP contribution is -1.86. The third kappa shape index (κ3) is 5.51. The Morgan fingerprint density at radius 3 is 1.33 bits per heavy atom. The zero-order valence-corrected chi connectivity index (χ0v) is 6.26. The Morgan fingerprint density at radius 1 is 1.17 bits per heavy atom. The summed E-state index contributed by atoms with van der Waals surface area (Å²) in [6, 6.07) is 0. The van der Waals surface area contributed by atoms with Crippen LogP contribution in [0.4, 0.5) is 0 Å². The number of hydrogen-bond donors (Lipinski definition) is 0. The second-order valence-corrected chi connectivity index (χ2v) is 4.71. The highest BCUT2D eigenvalue weighted by Crippen LogP contribution is 2.40. The van der Waals surface area contributed by atoms with Gasteiger partial charge in [-0.3, -0.25) is 0 Å². The molecule has 0 heterocycles. The topological polar surface area (TPSA) is 0 Å². The van der Waals surface area contributed by atoms with Crippen molar-refractivity contribution in [1.82, 2.24) is 0 Å². The summed E-state index contributed by atoms with van der Waals surface area (Å²) in [5, 5.41) is 0. The number of halogens is 4. The molecular formula is CCl4S. The van der Waals surface area contributed by atoms with Crippen LogP contribution >= 0.6 is 56.5 Å². The largest absolute Gasteiger partial charge is 0.251 e. The fourth-order valence-corrected chi connectivity index (χ4v) is 0. The molecule has 0 aromatic rings. The predicted octanol–water partition coefficient (Wildman–Crippen LogP) is 3.20. The Kier molecular flexibility index (Phi) is 3.42. The van der Waals surface area contributed by atoms with Crippen LogP contribution in [-0.2, 0) is 0 Å². The molecule has 0 atom stereocenters. The molecule has 0 aliphatic carbocycles. The van der Waals surface area contributed by atoms with Gasteiger partial charge in [-0.2, -0.15) is 0 Å². The van der Waals surface area contributed by atoms with Crippen molar-refractivity contribution in [3.8, 4) is 0 Å². The molecular weight excluding hydrogens is 186 g/mol. The normalized spacial score (nSPS) is 12.0. The summed E-state index contributed by atoms with van der Waals surface area (Å²) in [7, 11) is 5.65. The first kappa shape index (κ1) is 7.51. The van der Waals surface area contributed by atoms with Gasteiger partial charge in [-0.05, 0) is 10.7 Å². The number of rotatable bonds is 0. The molecule has 0 nitrogen and oxygen atoms in total. The van der Waals surface area contributed by atoms with Crippen molar-refractivity contribution < 1.29 is 0 Å². The van der Waals surface area contributed by atoms with E-state index in [0.717, 1.165) is 0 Å². The van der Waals surface area contributed by atoms with Crippen LogP contribution in [0.2, 0.25) is 0 Å². The summed E-state index contributed by atoms with van der Waals surface area (Å²) >= 11 is 15.2. The van der Waals surface area contributed by atoms with E-state index < -0.39 is 3.12 Å². The first-order valence-electron chi connectivity index (χ1n) is 0.925. The molecule has 0 bridgehead atoms. The maximum Gasteiger partial charge on any atom is 0.251 e. The van der Waals surface area contributed by atoms with E-state index in [4.69, 9.17) is 45.5 Å². The lowest BCUT2D eigenvalue weighted by atomic mass is 11.8. The fourth-order valence-electron chi connectivity index (χ4n) is 0. The first-order valence-corrected chi connectivity index (χ1v) is 3.70. The Hall–Kier alpha value is 1.51. The molecule has 0 aliphatic heterocycles. The van der Waals surface area contributed by atoms with Crippen molar-refractivity contribution in [3.05, 3.63) is 0 Å². The van der Waals surface area contributed by atoms with E-state index in [2.05, 4.69) is 0 Å². The lowest BCUT2D eigenvalue weighted by molar-refractivity contribution is 1.81. The van der Waals surface area contributed by atoms with Gasteiger partial charge in [0.2, 0.25) is 0 Å². The molecule has 0 rings (SSSR count). The van der Waals surface area contributed by atoms with Crippen molar-refractivity contribution >= 4 is 56.5 Å².